The molecule has 614 valence electrons. The van der Waals surface area contributed by atoms with Crippen molar-refractivity contribution in [2.75, 3.05) is 125 Å². The van der Waals surface area contributed by atoms with E-state index >= 15 is 0 Å². The summed E-state index contributed by atoms with van der Waals surface area (Å²) in [5.41, 5.74) is -1.39. The van der Waals surface area contributed by atoms with Gasteiger partial charge in [0.25, 0.3) is 0 Å². The summed E-state index contributed by atoms with van der Waals surface area (Å²) >= 11 is 0. The van der Waals surface area contributed by atoms with Gasteiger partial charge in [0, 0.05) is 90.8 Å². The van der Waals surface area contributed by atoms with Crippen LogP contribution >= 0.6 is 0 Å². The molecule has 17 atom stereocenters. The van der Waals surface area contributed by atoms with Crippen molar-refractivity contribution in [1.82, 2.24) is 37.2 Å². The molecule has 4 heterocycles. The van der Waals surface area contributed by atoms with E-state index in [0.717, 1.165) is 38.5 Å². The monoisotopic (exact) mass is 1530 g/mol. The summed E-state index contributed by atoms with van der Waals surface area (Å²) in [5, 5.41) is 142. The highest BCUT2D eigenvalue weighted by molar-refractivity contribution is 5.81. The van der Waals surface area contributed by atoms with Crippen LogP contribution in [0, 0.1) is 0 Å². The molecule has 0 saturated carbocycles. The fourth-order valence-corrected chi connectivity index (χ4v) is 11.7. The predicted molar refractivity (Wildman–Crippen MR) is 371 cm³/mol. The number of aliphatic hydroxyl groups is 11. The number of Topliss-reactive ketones (excluding diaryl/α,β-unsaturated/α-hetero) is 2. The van der Waals surface area contributed by atoms with E-state index in [0.29, 0.717) is 70.9 Å². The van der Waals surface area contributed by atoms with Crippen LogP contribution in [-0.4, -0.2) is 337 Å². The lowest BCUT2D eigenvalue weighted by Crippen LogP contribution is -2.60. The van der Waals surface area contributed by atoms with Crippen LogP contribution in [0.5, 0.6) is 0 Å². The third-order valence-corrected chi connectivity index (χ3v) is 18.1. The van der Waals surface area contributed by atoms with E-state index in [4.69, 9.17) is 52.5 Å². The number of fused-ring (bicyclic) bond motifs is 2. The van der Waals surface area contributed by atoms with Gasteiger partial charge in [-0.3, -0.25) is 38.4 Å². The van der Waals surface area contributed by atoms with Gasteiger partial charge in [-0.2, -0.15) is 0 Å². The van der Waals surface area contributed by atoms with Crippen LogP contribution in [0.15, 0.2) is 0 Å². The van der Waals surface area contributed by atoms with Gasteiger partial charge >= 0.3 is 5.97 Å². The molecule has 19 N–H and O–H groups in total. The molecule has 4 fully saturated rings. The summed E-state index contributed by atoms with van der Waals surface area (Å²) in [6.45, 7) is -1.03. The predicted octanol–water partition coefficient (Wildman–Crippen LogP) is -4.68. The molecule has 106 heavy (non-hydrogen) atoms. The number of unbranched alkanes of at least 4 members (excludes halogenated alkanes) is 8. The zero-order valence-corrected chi connectivity index (χ0v) is 61.1. The minimum absolute atomic E-state index is 0.00950. The van der Waals surface area contributed by atoms with Crippen molar-refractivity contribution in [2.45, 2.75) is 264 Å². The van der Waals surface area contributed by atoms with Gasteiger partial charge in [0.1, 0.15) is 90.4 Å². The fourth-order valence-electron chi connectivity index (χ4n) is 11.7. The average Bonchev–Trinajstić information content (AvgIpc) is 0.824. The number of rotatable bonds is 31. The first kappa shape index (κ1) is 93.6. The SMILES string of the molecule is O=C(O)CCCCCCCCCCC(=O)NC1(COCCC(=O)NCCCNC(=O)CCCCO[C@H]2OC(CO)[C@@H](O)C(O)C2O)COCCC(=O)NCCCNCC(=O)CCCCO[C@H]2OC(COC(O[C@H]3OC(CO)[C@@H](O)C(O)C3O)CCCC(=O)CNCCCNC(=O)CCOC1)[C@H](O)C(O)C2O. The minimum Gasteiger partial charge on any atom is -0.481 e. The summed E-state index contributed by atoms with van der Waals surface area (Å²) in [4.78, 5) is 102. The third-order valence-electron chi connectivity index (χ3n) is 18.1. The second-order valence-corrected chi connectivity index (χ2v) is 27.2. The number of carbonyl (C=O) groups excluding carboxylic acids is 7. The molecule has 0 radical (unpaired) electrons. The number of amides is 5. The lowest BCUT2D eigenvalue weighted by Gasteiger charge is -2.42. The zero-order valence-electron chi connectivity index (χ0n) is 61.1. The molecular formula is C69H123N7O30. The van der Waals surface area contributed by atoms with Gasteiger partial charge in [-0.15, -0.1) is 0 Å². The standard InChI is InChI=1S/C69H123N7O30/c77-39-47-57(88)60(91)63(94)66(103-47)100-33-12-10-19-50(81)72-30-16-31-75-53(84)25-36-99-44-69(76-54(85)20-7-5-3-1-2-4-6-8-21-55(86)87)42-97-34-23-51(82)73-28-14-26-70-37-45(79)17-9-11-32-101-67-64(95)62(93)59(90)49(105-67)41-102-56(106-68-65(96)61(92)58(89)48(40-78)104-68)22-13-18-46(80)38-71-27-15-29-74-52(83)24-35-98-43-69/h47-49,56-68,70-71,77-78,88-96H,1-44H2,(H,72,81)(H,73,82)(H,74,83)(H,75,84)(H,76,85)(H,86,87)/t47?,48?,49?,56?,57-,58-,59+,60?,61?,62?,63?,64?,65?,66+,67+,68-,69?/m1/s1. The smallest absolute Gasteiger partial charge is 0.303 e. The number of carboxylic acids is 1. The molecule has 0 spiro atoms. The number of ether oxygens (including phenoxy) is 10. The van der Waals surface area contributed by atoms with Gasteiger partial charge in [0.15, 0.2) is 25.2 Å². The highest BCUT2D eigenvalue weighted by atomic mass is 16.8. The Kier molecular flexibility index (Phi) is 48.4. The Morgan fingerprint density at radius 1 is 0.491 bits per heavy atom. The number of aliphatic carboxylic acids is 1. The molecule has 2 bridgehead atoms. The number of hydrogen-bond acceptors (Lipinski definition) is 31. The largest absolute Gasteiger partial charge is 0.481 e. The van der Waals surface area contributed by atoms with Gasteiger partial charge in [0.05, 0.1) is 72.6 Å². The van der Waals surface area contributed by atoms with Crippen LogP contribution in [0.1, 0.15) is 161 Å². The molecule has 0 aromatic rings. The summed E-state index contributed by atoms with van der Waals surface area (Å²) in [7, 11) is 0. The Hall–Kier alpha value is -4.76. The number of carboxylic acid groups (broad SMARTS) is 1. The molecule has 0 aromatic heterocycles. The molecule has 4 saturated heterocycles. The Labute approximate surface area is 618 Å². The Morgan fingerprint density at radius 2 is 1.01 bits per heavy atom. The van der Waals surface area contributed by atoms with Crippen LogP contribution in [-0.2, 0) is 85.7 Å². The Bertz CT molecular complexity index is 2480. The topological polar surface area (TPSA) is 556 Å². The van der Waals surface area contributed by atoms with E-state index in [2.05, 4.69) is 37.2 Å². The summed E-state index contributed by atoms with van der Waals surface area (Å²) in [6, 6.07) is 0. The number of ketones is 2. The van der Waals surface area contributed by atoms with E-state index < -0.39 is 130 Å². The lowest BCUT2D eigenvalue weighted by molar-refractivity contribution is -0.347. The number of aliphatic hydroxyl groups excluding tert-OH is 11. The van der Waals surface area contributed by atoms with E-state index in [-0.39, 0.29) is 197 Å². The molecule has 4 rings (SSSR count). The van der Waals surface area contributed by atoms with Crippen molar-refractivity contribution in [3.8, 4) is 0 Å². The molecular weight excluding hydrogens is 1410 g/mol. The quantitative estimate of drug-likeness (QED) is 0.0290. The lowest BCUT2D eigenvalue weighted by atomic mass is 9.99. The van der Waals surface area contributed by atoms with Crippen molar-refractivity contribution in [2.24, 2.45) is 0 Å². The van der Waals surface area contributed by atoms with Crippen LogP contribution < -0.4 is 37.2 Å². The van der Waals surface area contributed by atoms with Crippen molar-refractivity contribution < 1.29 is 147 Å². The molecule has 11 unspecified atom stereocenters. The molecule has 4 aliphatic rings. The summed E-state index contributed by atoms with van der Waals surface area (Å²) in [6.07, 6.45) is -14.8. The number of nitrogens with one attached hydrogen (secondary N) is 7. The number of carbonyl (C=O) groups is 8. The van der Waals surface area contributed by atoms with E-state index in [1.165, 1.54) is 0 Å². The van der Waals surface area contributed by atoms with Gasteiger partial charge in [0.2, 0.25) is 29.5 Å². The fraction of sp³-hybridized carbons (Fsp3) is 0.884. The average molecular weight is 1530 g/mol. The maximum atomic E-state index is 13.8. The third kappa shape index (κ3) is 38.2. The maximum Gasteiger partial charge on any atom is 0.303 e. The van der Waals surface area contributed by atoms with Crippen LogP contribution in [0.2, 0.25) is 0 Å². The first-order chi connectivity index (χ1) is 51.0. The molecule has 0 aromatic carbocycles. The van der Waals surface area contributed by atoms with Crippen LogP contribution in [0.4, 0.5) is 0 Å². The second kappa shape index (κ2) is 54.8. The van der Waals surface area contributed by atoms with E-state index in [1.807, 2.05) is 0 Å². The van der Waals surface area contributed by atoms with E-state index in [1.54, 1.807) is 0 Å². The van der Waals surface area contributed by atoms with Gasteiger partial charge in [-0.05, 0) is 83.7 Å². The Morgan fingerprint density at radius 3 is 1.59 bits per heavy atom. The highest BCUT2D eigenvalue weighted by Crippen LogP contribution is 2.28. The summed E-state index contributed by atoms with van der Waals surface area (Å²) in [5.74, 6) is -2.79. The molecule has 37 nitrogen and oxygen atoms in total. The molecule has 0 aliphatic carbocycles. The van der Waals surface area contributed by atoms with Crippen molar-refractivity contribution in [3.05, 3.63) is 0 Å². The van der Waals surface area contributed by atoms with Crippen LogP contribution in [0.25, 0.3) is 0 Å². The maximum absolute atomic E-state index is 13.8. The molecule has 5 amide bonds. The normalized spacial score (nSPS) is 31.0. The van der Waals surface area contributed by atoms with Crippen molar-refractivity contribution in [3.63, 3.8) is 0 Å². The molecule has 37 heteroatoms. The number of hydrogen-bond donors (Lipinski definition) is 19. The first-order valence-electron chi connectivity index (χ1n) is 37.6. The van der Waals surface area contributed by atoms with Crippen molar-refractivity contribution >= 4 is 47.1 Å². The van der Waals surface area contributed by atoms with Crippen LogP contribution in [0.3, 0.4) is 0 Å². The van der Waals surface area contributed by atoms with Gasteiger partial charge < -0.3 is 146 Å². The highest BCUT2D eigenvalue weighted by Gasteiger charge is 2.48. The Balaban J connectivity index is 1.35. The summed E-state index contributed by atoms with van der Waals surface area (Å²) < 4.78 is 57.9. The second-order valence-electron chi connectivity index (χ2n) is 27.2. The van der Waals surface area contributed by atoms with Gasteiger partial charge in [-0.1, -0.05) is 38.5 Å². The van der Waals surface area contributed by atoms with Crippen molar-refractivity contribution in [1.29, 1.82) is 0 Å². The van der Waals surface area contributed by atoms with E-state index in [9.17, 15) is 94.5 Å². The first-order valence-corrected chi connectivity index (χ1v) is 37.6. The zero-order chi connectivity index (χ0) is 77.5. The van der Waals surface area contributed by atoms with Gasteiger partial charge in [-0.25, -0.2) is 0 Å². The molecule has 4 aliphatic heterocycles. The minimum atomic E-state index is -1.81.